The van der Waals surface area contributed by atoms with E-state index in [1.54, 1.807) is 25.3 Å². The summed E-state index contributed by atoms with van der Waals surface area (Å²) in [6.07, 6.45) is 1.72. The number of carbonyl (C=O) groups is 2. The molecule has 0 radical (unpaired) electrons. The fourth-order valence-corrected chi connectivity index (χ4v) is 3.08. The Hall–Kier alpha value is -2.53. The van der Waals surface area contributed by atoms with Crippen molar-refractivity contribution in [2.75, 3.05) is 12.0 Å². The Balaban J connectivity index is 1.88. The molecule has 23 heavy (non-hydrogen) atoms. The van der Waals surface area contributed by atoms with Gasteiger partial charge in [0.15, 0.2) is 0 Å². The van der Waals surface area contributed by atoms with Gasteiger partial charge in [0.2, 0.25) is 0 Å². The van der Waals surface area contributed by atoms with Crippen molar-refractivity contribution < 1.29 is 14.3 Å². The SMILES string of the molecule is COc1ccc(/C=C2\SC(=O)N(c3ccc(C)cc3)C2=O)cc1. The van der Waals surface area contributed by atoms with Crippen molar-refractivity contribution >= 4 is 34.7 Å². The number of amides is 2. The van der Waals surface area contributed by atoms with Crippen LogP contribution in [0.2, 0.25) is 0 Å². The van der Waals surface area contributed by atoms with E-state index in [2.05, 4.69) is 0 Å². The second-order valence-corrected chi connectivity index (χ2v) is 6.12. The van der Waals surface area contributed by atoms with Gasteiger partial charge in [-0.25, -0.2) is 4.90 Å². The van der Waals surface area contributed by atoms with Gasteiger partial charge in [-0.2, -0.15) is 0 Å². The van der Waals surface area contributed by atoms with Gasteiger partial charge in [0, 0.05) is 0 Å². The number of benzene rings is 2. The molecule has 1 saturated heterocycles. The lowest BCUT2D eigenvalue weighted by Crippen LogP contribution is -2.27. The summed E-state index contributed by atoms with van der Waals surface area (Å²) >= 11 is 0.953. The monoisotopic (exact) mass is 325 g/mol. The van der Waals surface area contributed by atoms with E-state index in [4.69, 9.17) is 4.74 Å². The van der Waals surface area contributed by atoms with Crippen molar-refractivity contribution in [2.24, 2.45) is 0 Å². The first kappa shape index (κ1) is 15.4. The van der Waals surface area contributed by atoms with Crippen LogP contribution < -0.4 is 9.64 Å². The number of imide groups is 1. The molecule has 0 spiro atoms. The molecule has 0 N–H and O–H groups in total. The van der Waals surface area contributed by atoms with Crippen LogP contribution in [0.4, 0.5) is 10.5 Å². The molecule has 2 amide bonds. The molecule has 1 fully saturated rings. The number of rotatable bonds is 3. The largest absolute Gasteiger partial charge is 0.497 e. The van der Waals surface area contributed by atoms with Crippen molar-refractivity contribution in [3.8, 4) is 5.75 Å². The molecule has 0 unspecified atom stereocenters. The van der Waals surface area contributed by atoms with Crippen LogP contribution in [0.1, 0.15) is 11.1 Å². The average Bonchev–Trinajstić information content (AvgIpc) is 2.83. The quantitative estimate of drug-likeness (QED) is 0.792. The van der Waals surface area contributed by atoms with Gasteiger partial charge in [-0.05, 0) is 54.6 Å². The summed E-state index contributed by atoms with van der Waals surface area (Å²) in [6, 6.07) is 14.6. The Bertz CT molecular complexity index is 779. The number of hydrogen-bond acceptors (Lipinski definition) is 4. The number of anilines is 1. The number of nitrogens with zero attached hydrogens (tertiary/aromatic N) is 1. The van der Waals surface area contributed by atoms with Crippen molar-refractivity contribution in [3.63, 3.8) is 0 Å². The first-order chi connectivity index (χ1) is 11.1. The van der Waals surface area contributed by atoms with Crippen LogP contribution in [0.5, 0.6) is 5.75 Å². The number of aryl methyl sites for hydroxylation is 1. The Morgan fingerprint density at radius 1 is 1.00 bits per heavy atom. The predicted octanol–water partition coefficient (Wildman–Crippen LogP) is 4.24. The predicted molar refractivity (Wildman–Crippen MR) is 92.6 cm³/mol. The van der Waals surface area contributed by atoms with E-state index in [-0.39, 0.29) is 11.1 Å². The van der Waals surface area contributed by atoms with Crippen molar-refractivity contribution in [3.05, 3.63) is 64.6 Å². The van der Waals surface area contributed by atoms with E-state index in [0.29, 0.717) is 10.6 Å². The molecule has 5 heteroatoms. The molecular formula is C18H15NO3S. The average molecular weight is 325 g/mol. The second-order valence-electron chi connectivity index (χ2n) is 5.13. The summed E-state index contributed by atoms with van der Waals surface area (Å²) in [5.74, 6) is 0.453. The first-order valence-corrected chi connectivity index (χ1v) is 7.89. The topological polar surface area (TPSA) is 46.6 Å². The fourth-order valence-electron chi connectivity index (χ4n) is 2.24. The molecule has 2 aromatic rings. The molecule has 1 aliphatic rings. The third-order valence-electron chi connectivity index (χ3n) is 3.50. The lowest BCUT2D eigenvalue weighted by Gasteiger charge is -2.12. The minimum absolute atomic E-state index is 0.279. The highest BCUT2D eigenvalue weighted by atomic mass is 32.2. The third kappa shape index (κ3) is 3.14. The number of thioether (sulfide) groups is 1. The maximum absolute atomic E-state index is 12.5. The van der Waals surface area contributed by atoms with Crippen molar-refractivity contribution in [2.45, 2.75) is 6.92 Å². The standard InChI is InChI=1S/C18H15NO3S/c1-12-3-7-14(8-4-12)19-17(20)16(23-18(19)21)11-13-5-9-15(22-2)10-6-13/h3-11H,1-2H3/b16-11-. The summed E-state index contributed by atoms with van der Waals surface area (Å²) in [5.41, 5.74) is 2.52. The zero-order chi connectivity index (χ0) is 16.4. The summed E-state index contributed by atoms with van der Waals surface area (Å²) in [7, 11) is 1.60. The molecule has 0 aromatic heterocycles. The minimum Gasteiger partial charge on any atom is -0.497 e. The maximum atomic E-state index is 12.5. The van der Waals surface area contributed by atoms with E-state index < -0.39 is 0 Å². The Morgan fingerprint density at radius 3 is 2.26 bits per heavy atom. The Labute approximate surface area is 138 Å². The number of methoxy groups -OCH3 is 1. The zero-order valence-electron chi connectivity index (χ0n) is 12.8. The normalized spacial score (nSPS) is 16.3. The lowest BCUT2D eigenvalue weighted by molar-refractivity contribution is -0.113. The molecule has 0 aliphatic carbocycles. The molecule has 3 rings (SSSR count). The molecule has 0 atom stereocenters. The van der Waals surface area contributed by atoms with Gasteiger partial charge in [-0.1, -0.05) is 29.8 Å². The van der Waals surface area contributed by atoms with Gasteiger partial charge in [0.05, 0.1) is 17.7 Å². The van der Waals surface area contributed by atoms with Gasteiger partial charge in [0.25, 0.3) is 11.1 Å². The van der Waals surface area contributed by atoms with Gasteiger partial charge >= 0.3 is 0 Å². The van der Waals surface area contributed by atoms with Gasteiger partial charge in [-0.3, -0.25) is 9.59 Å². The van der Waals surface area contributed by atoms with Crippen molar-refractivity contribution in [1.82, 2.24) is 0 Å². The van der Waals surface area contributed by atoms with E-state index in [1.807, 2.05) is 43.3 Å². The number of ether oxygens (including phenoxy) is 1. The summed E-state index contributed by atoms with van der Waals surface area (Å²) < 4.78 is 5.11. The molecule has 1 aliphatic heterocycles. The highest BCUT2D eigenvalue weighted by Crippen LogP contribution is 2.35. The Kier molecular flexibility index (Phi) is 4.21. The third-order valence-corrected chi connectivity index (χ3v) is 4.37. The maximum Gasteiger partial charge on any atom is 0.298 e. The fraction of sp³-hybridized carbons (Fsp3) is 0.111. The number of carbonyl (C=O) groups excluding carboxylic acids is 2. The van der Waals surface area contributed by atoms with Crippen LogP contribution in [0.25, 0.3) is 6.08 Å². The van der Waals surface area contributed by atoms with Crippen LogP contribution in [0.3, 0.4) is 0 Å². The second kappa shape index (κ2) is 6.30. The van der Waals surface area contributed by atoms with E-state index in [1.165, 1.54) is 4.90 Å². The molecular weight excluding hydrogens is 310 g/mol. The molecule has 0 saturated carbocycles. The highest BCUT2D eigenvalue weighted by molar-refractivity contribution is 8.19. The molecule has 4 nitrogen and oxygen atoms in total. The molecule has 1 heterocycles. The molecule has 2 aromatic carbocycles. The minimum atomic E-state index is -0.292. The van der Waals surface area contributed by atoms with Crippen LogP contribution in [-0.4, -0.2) is 18.3 Å². The smallest absolute Gasteiger partial charge is 0.298 e. The van der Waals surface area contributed by atoms with Crippen LogP contribution in [0, 0.1) is 6.92 Å². The van der Waals surface area contributed by atoms with E-state index >= 15 is 0 Å². The zero-order valence-corrected chi connectivity index (χ0v) is 13.6. The number of hydrogen-bond donors (Lipinski definition) is 0. The van der Waals surface area contributed by atoms with E-state index in [9.17, 15) is 9.59 Å². The molecule has 0 bridgehead atoms. The summed E-state index contributed by atoms with van der Waals surface area (Å²) in [4.78, 5) is 26.3. The highest BCUT2D eigenvalue weighted by Gasteiger charge is 2.36. The molecule has 116 valence electrons. The van der Waals surface area contributed by atoms with E-state index in [0.717, 1.165) is 28.6 Å². The Morgan fingerprint density at radius 2 is 1.65 bits per heavy atom. The first-order valence-electron chi connectivity index (χ1n) is 7.07. The van der Waals surface area contributed by atoms with Crippen LogP contribution >= 0.6 is 11.8 Å². The lowest BCUT2D eigenvalue weighted by atomic mass is 10.2. The van der Waals surface area contributed by atoms with Gasteiger partial charge in [0.1, 0.15) is 5.75 Å². The van der Waals surface area contributed by atoms with Gasteiger partial charge < -0.3 is 4.74 Å². The van der Waals surface area contributed by atoms with Gasteiger partial charge in [-0.15, -0.1) is 0 Å². The van der Waals surface area contributed by atoms with Crippen LogP contribution in [0.15, 0.2) is 53.4 Å². The van der Waals surface area contributed by atoms with Crippen molar-refractivity contribution in [1.29, 1.82) is 0 Å². The summed E-state index contributed by atoms with van der Waals surface area (Å²) in [6.45, 7) is 1.96. The summed E-state index contributed by atoms with van der Waals surface area (Å²) in [5, 5.41) is -0.279. The van der Waals surface area contributed by atoms with Crippen LogP contribution in [-0.2, 0) is 4.79 Å².